The molecule has 0 radical (unpaired) electrons. The molecule has 7 heteroatoms. The highest BCUT2D eigenvalue weighted by molar-refractivity contribution is 6.08. The summed E-state index contributed by atoms with van der Waals surface area (Å²) >= 11 is 0. The molecule has 0 fully saturated rings. The number of aromatic amines is 1. The third-order valence-corrected chi connectivity index (χ3v) is 6.17. The van der Waals surface area contributed by atoms with E-state index in [0.29, 0.717) is 23.8 Å². The average Bonchev–Trinajstić information content (AvgIpc) is 3.49. The maximum atomic E-state index is 12.8. The van der Waals surface area contributed by atoms with E-state index in [1.807, 2.05) is 55.6 Å². The Morgan fingerprint density at radius 2 is 1.69 bits per heavy atom. The lowest BCUT2D eigenvalue weighted by molar-refractivity contribution is -0.120. The fourth-order valence-electron chi connectivity index (χ4n) is 4.36. The van der Waals surface area contributed by atoms with Gasteiger partial charge >= 0.3 is 0 Å². The third kappa shape index (κ3) is 4.89. The van der Waals surface area contributed by atoms with E-state index in [-0.39, 0.29) is 12.3 Å². The molecule has 0 aliphatic heterocycles. The van der Waals surface area contributed by atoms with Crippen LogP contribution in [0.25, 0.3) is 17.2 Å². The molecule has 0 spiro atoms. The monoisotopic (exact) mass is 474 g/mol. The molecule has 0 bridgehead atoms. The van der Waals surface area contributed by atoms with E-state index < -0.39 is 0 Å². The molecule has 0 atom stereocenters. The lowest BCUT2D eigenvalue weighted by atomic mass is 10.00. The summed E-state index contributed by atoms with van der Waals surface area (Å²) in [4.78, 5) is 16.0. The molecule has 1 heterocycles. The summed E-state index contributed by atoms with van der Waals surface area (Å²) in [6.45, 7) is 2.50. The number of allylic oxidation sites excluding steroid dienone is 2. The van der Waals surface area contributed by atoms with Crippen molar-refractivity contribution in [1.29, 1.82) is 0 Å². The Morgan fingerprint density at radius 3 is 2.29 bits per heavy atom. The highest BCUT2D eigenvalue weighted by Gasteiger charge is 2.26. The first-order valence-electron chi connectivity index (χ1n) is 11.3. The maximum Gasteiger partial charge on any atom is 0.224 e. The Balaban J connectivity index is 1.73. The highest BCUT2D eigenvalue weighted by Crippen LogP contribution is 2.46. The molecule has 2 N–H and O–H groups in total. The first-order valence-corrected chi connectivity index (χ1v) is 11.3. The summed E-state index contributed by atoms with van der Waals surface area (Å²) in [5, 5.41) is 3.00. The second-order valence-corrected chi connectivity index (χ2v) is 8.18. The normalized spacial score (nSPS) is 13.6. The maximum absolute atomic E-state index is 12.8. The molecule has 1 aliphatic rings. The van der Waals surface area contributed by atoms with E-state index in [2.05, 4.69) is 16.4 Å². The zero-order valence-corrected chi connectivity index (χ0v) is 20.7. The van der Waals surface area contributed by atoms with Gasteiger partial charge in [-0.1, -0.05) is 6.07 Å². The van der Waals surface area contributed by atoms with Crippen LogP contribution in [0.2, 0.25) is 0 Å². The fraction of sp³-hybridized carbons (Fsp3) is 0.250. The second-order valence-electron chi connectivity index (χ2n) is 8.18. The van der Waals surface area contributed by atoms with Crippen molar-refractivity contribution in [2.75, 3.05) is 28.4 Å². The van der Waals surface area contributed by atoms with Crippen molar-refractivity contribution in [3.8, 4) is 23.0 Å². The predicted molar refractivity (Wildman–Crippen MR) is 137 cm³/mol. The van der Waals surface area contributed by atoms with Crippen molar-refractivity contribution in [2.45, 2.75) is 19.9 Å². The van der Waals surface area contributed by atoms with E-state index in [0.717, 1.165) is 44.9 Å². The van der Waals surface area contributed by atoms with Crippen LogP contribution in [0.15, 0.2) is 54.2 Å². The van der Waals surface area contributed by atoms with Crippen LogP contribution < -0.4 is 24.3 Å². The summed E-state index contributed by atoms with van der Waals surface area (Å²) in [6.07, 6.45) is 4.18. The number of hydrogen-bond acceptors (Lipinski definition) is 5. The molecule has 1 aromatic heterocycles. The lowest BCUT2D eigenvalue weighted by Crippen LogP contribution is -2.22. The zero-order chi connectivity index (χ0) is 24.9. The van der Waals surface area contributed by atoms with Gasteiger partial charge in [0.05, 0.1) is 41.4 Å². The number of carbonyl (C=O) groups excluding carboxylic acids is 1. The molecule has 0 unspecified atom stereocenters. The van der Waals surface area contributed by atoms with Gasteiger partial charge in [-0.2, -0.15) is 0 Å². The number of H-pyrrole nitrogens is 1. The molecule has 0 saturated carbocycles. The topological polar surface area (TPSA) is 81.8 Å². The second kappa shape index (κ2) is 10.4. The summed E-state index contributed by atoms with van der Waals surface area (Å²) in [6, 6.07) is 13.6. The predicted octanol–water partition coefficient (Wildman–Crippen LogP) is 5.08. The SMILES string of the molecule is COc1ccc2c(c1)C(CC(=O)NCc1ccc[nH]1)=C(C)C2=Cc1cc(OC)c(OC)c(OC)c1. The first kappa shape index (κ1) is 24.0. The van der Waals surface area contributed by atoms with Crippen molar-refractivity contribution in [3.05, 3.63) is 76.6 Å². The summed E-state index contributed by atoms with van der Waals surface area (Å²) < 4.78 is 22.0. The minimum Gasteiger partial charge on any atom is -0.497 e. The summed E-state index contributed by atoms with van der Waals surface area (Å²) in [5.74, 6) is 2.40. The molecule has 182 valence electrons. The Hall–Kier alpha value is -4.13. The standard InChI is InChI=1S/C28H30N2O5/c1-17-22(11-18-12-25(33-3)28(35-5)26(13-18)34-4)21-9-8-20(32-2)14-24(21)23(17)15-27(31)30-16-19-7-6-10-29-19/h6-14,29H,15-16H2,1-5H3,(H,30,31). The molecule has 3 aromatic rings. The minimum atomic E-state index is -0.0447. The lowest BCUT2D eigenvalue weighted by Gasteiger charge is -2.13. The average molecular weight is 475 g/mol. The number of nitrogens with one attached hydrogen (secondary N) is 2. The third-order valence-electron chi connectivity index (χ3n) is 6.17. The van der Waals surface area contributed by atoms with Gasteiger partial charge in [0.25, 0.3) is 0 Å². The molecule has 1 aliphatic carbocycles. The quantitative estimate of drug-likeness (QED) is 0.452. The van der Waals surface area contributed by atoms with Crippen molar-refractivity contribution >= 4 is 23.1 Å². The number of amides is 1. The van der Waals surface area contributed by atoms with Gasteiger partial charge in [-0.05, 0) is 82.8 Å². The number of benzene rings is 2. The largest absolute Gasteiger partial charge is 0.497 e. The van der Waals surface area contributed by atoms with Gasteiger partial charge in [-0.3, -0.25) is 4.79 Å². The van der Waals surface area contributed by atoms with Crippen LogP contribution in [0, 0.1) is 0 Å². The van der Waals surface area contributed by atoms with Gasteiger partial charge in [0.15, 0.2) is 11.5 Å². The molecule has 4 rings (SSSR count). The fourth-order valence-corrected chi connectivity index (χ4v) is 4.36. The number of aromatic nitrogens is 1. The number of fused-ring (bicyclic) bond motifs is 1. The van der Waals surface area contributed by atoms with E-state index in [9.17, 15) is 4.79 Å². The molecule has 1 amide bonds. The van der Waals surface area contributed by atoms with Gasteiger partial charge in [0, 0.05) is 11.9 Å². The van der Waals surface area contributed by atoms with Gasteiger partial charge in [0.1, 0.15) is 5.75 Å². The van der Waals surface area contributed by atoms with Crippen LogP contribution in [-0.2, 0) is 11.3 Å². The molecular weight excluding hydrogens is 444 g/mol. The van der Waals surface area contributed by atoms with Gasteiger partial charge in [-0.15, -0.1) is 0 Å². The number of rotatable bonds is 9. The van der Waals surface area contributed by atoms with Crippen LogP contribution >= 0.6 is 0 Å². The van der Waals surface area contributed by atoms with Crippen LogP contribution in [-0.4, -0.2) is 39.3 Å². The smallest absolute Gasteiger partial charge is 0.224 e. The molecule has 7 nitrogen and oxygen atoms in total. The van der Waals surface area contributed by atoms with Gasteiger partial charge in [0.2, 0.25) is 11.7 Å². The van der Waals surface area contributed by atoms with E-state index >= 15 is 0 Å². The molecular formula is C28H30N2O5. The van der Waals surface area contributed by atoms with E-state index in [4.69, 9.17) is 18.9 Å². The zero-order valence-electron chi connectivity index (χ0n) is 20.7. The molecule has 2 aromatic carbocycles. The Bertz CT molecular complexity index is 1260. The van der Waals surface area contributed by atoms with Crippen molar-refractivity contribution in [1.82, 2.24) is 10.3 Å². The van der Waals surface area contributed by atoms with Crippen molar-refractivity contribution in [3.63, 3.8) is 0 Å². The molecule has 35 heavy (non-hydrogen) atoms. The number of methoxy groups -OCH3 is 4. The summed E-state index contributed by atoms with van der Waals surface area (Å²) in [5.41, 5.74) is 6.94. The van der Waals surface area contributed by atoms with Crippen LogP contribution in [0.4, 0.5) is 0 Å². The van der Waals surface area contributed by atoms with Crippen LogP contribution in [0.5, 0.6) is 23.0 Å². The van der Waals surface area contributed by atoms with Gasteiger partial charge in [-0.25, -0.2) is 0 Å². The van der Waals surface area contributed by atoms with Crippen LogP contribution in [0.1, 0.15) is 35.7 Å². The number of carbonyl (C=O) groups is 1. The highest BCUT2D eigenvalue weighted by atomic mass is 16.5. The van der Waals surface area contributed by atoms with E-state index in [1.54, 1.807) is 28.4 Å². The summed E-state index contributed by atoms with van der Waals surface area (Å²) in [7, 11) is 6.42. The number of ether oxygens (including phenoxy) is 4. The molecule has 0 saturated heterocycles. The van der Waals surface area contributed by atoms with Crippen molar-refractivity contribution in [2.24, 2.45) is 0 Å². The number of hydrogen-bond donors (Lipinski definition) is 2. The van der Waals surface area contributed by atoms with Gasteiger partial charge < -0.3 is 29.2 Å². The van der Waals surface area contributed by atoms with Crippen molar-refractivity contribution < 1.29 is 23.7 Å². The Labute approximate surface area is 205 Å². The van der Waals surface area contributed by atoms with E-state index in [1.165, 1.54) is 0 Å². The Morgan fingerprint density at radius 1 is 0.943 bits per heavy atom. The van der Waals surface area contributed by atoms with Crippen LogP contribution in [0.3, 0.4) is 0 Å². The minimum absolute atomic E-state index is 0.0447. The Kier molecular flexibility index (Phi) is 7.15. The first-order chi connectivity index (χ1) is 17.0.